The summed E-state index contributed by atoms with van der Waals surface area (Å²) in [6, 6.07) is 5.78. The molecule has 0 atom stereocenters. The minimum Gasteiger partial charge on any atom is -0.351 e. The van der Waals surface area contributed by atoms with E-state index >= 15 is 0 Å². The molecule has 0 unspecified atom stereocenters. The number of rotatable bonds is 4. The topological polar surface area (TPSA) is 117 Å². The number of amides is 2. The lowest BCUT2D eigenvalue weighted by Gasteiger charge is -2.07. The third-order valence-corrected chi connectivity index (χ3v) is 5.98. The highest BCUT2D eigenvalue weighted by molar-refractivity contribution is 7.93. The van der Waals surface area contributed by atoms with Crippen LogP contribution in [0.3, 0.4) is 0 Å². The van der Waals surface area contributed by atoms with Crippen LogP contribution < -0.4 is 15.4 Å². The van der Waals surface area contributed by atoms with Gasteiger partial charge in [-0.1, -0.05) is 11.3 Å². The Bertz CT molecular complexity index is 920. The summed E-state index contributed by atoms with van der Waals surface area (Å²) >= 11 is 1.02. The second-order valence-corrected chi connectivity index (χ2v) is 8.15. The van der Waals surface area contributed by atoms with E-state index in [9.17, 15) is 18.0 Å². The largest absolute Gasteiger partial charge is 0.351 e. The van der Waals surface area contributed by atoms with Crippen molar-refractivity contribution in [3.8, 4) is 0 Å². The average molecular weight is 380 g/mol. The van der Waals surface area contributed by atoms with Gasteiger partial charge >= 0.3 is 0 Å². The first-order valence-electron chi connectivity index (χ1n) is 7.53. The number of fused-ring (bicyclic) bond motifs is 1. The zero-order chi connectivity index (χ0) is 18.0. The molecule has 1 aromatic carbocycles. The van der Waals surface area contributed by atoms with Gasteiger partial charge in [0.25, 0.3) is 15.9 Å². The Morgan fingerprint density at radius 3 is 2.68 bits per heavy atom. The van der Waals surface area contributed by atoms with E-state index in [1.54, 1.807) is 0 Å². The molecule has 0 bridgehead atoms. The fourth-order valence-electron chi connectivity index (χ4n) is 2.37. The predicted octanol–water partition coefficient (Wildman–Crippen LogP) is 1.58. The van der Waals surface area contributed by atoms with E-state index in [0.717, 1.165) is 17.8 Å². The molecule has 8 nitrogen and oxygen atoms in total. The number of nitrogens with one attached hydrogen (secondary N) is 3. The molecule has 10 heteroatoms. The van der Waals surface area contributed by atoms with Crippen molar-refractivity contribution < 1.29 is 18.0 Å². The molecule has 2 aromatic rings. The minimum absolute atomic E-state index is 0.0384. The second kappa shape index (κ2) is 6.81. The first-order chi connectivity index (χ1) is 11.8. The van der Waals surface area contributed by atoms with Gasteiger partial charge in [-0.25, -0.2) is 13.4 Å². The minimum atomic E-state index is -3.83. The molecule has 132 valence electrons. The van der Waals surface area contributed by atoms with Crippen molar-refractivity contribution in [2.45, 2.75) is 24.7 Å². The first-order valence-corrected chi connectivity index (χ1v) is 9.83. The molecule has 3 rings (SSSR count). The first kappa shape index (κ1) is 17.4. The van der Waals surface area contributed by atoms with Crippen LogP contribution in [0.25, 0.3) is 0 Å². The van der Waals surface area contributed by atoms with Crippen molar-refractivity contribution in [3.63, 3.8) is 0 Å². The average Bonchev–Trinajstić information content (AvgIpc) is 2.85. The molecule has 1 aliphatic rings. The van der Waals surface area contributed by atoms with Crippen LogP contribution in [-0.4, -0.2) is 31.8 Å². The van der Waals surface area contributed by atoms with Crippen LogP contribution in [-0.2, 0) is 21.2 Å². The van der Waals surface area contributed by atoms with E-state index in [-0.39, 0.29) is 21.8 Å². The van der Waals surface area contributed by atoms with Crippen LogP contribution in [0.5, 0.6) is 0 Å². The van der Waals surface area contributed by atoms with Crippen LogP contribution in [0, 0.1) is 0 Å². The summed E-state index contributed by atoms with van der Waals surface area (Å²) in [6.07, 6.45) is 1.39. The molecule has 3 N–H and O–H groups in total. The molecular weight excluding hydrogens is 364 g/mol. The lowest BCUT2D eigenvalue weighted by Crippen LogP contribution is -2.21. The second-order valence-electron chi connectivity index (χ2n) is 5.47. The van der Waals surface area contributed by atoms with E-state index in [1.165, 1.54) is 31.2 Å². The summed E-state index contributed by atoms with van der Waals surface area (Å²) in [5.41, 5.74) is 1.11. The molecular formula is C15H16N4O4S2. The summed E-state index contributed by atoms with van der Waals surface area (Å²) in [7, 11) is -3.83. The molecule has 2 amide bonds. The molecule has 0 aliphatic carbocycles. The SMILES string of the molecule is CC(=O)Nc1ccc(S(=O)(=O)Nc2nc3c(s2)C(=O)NCCC3)cc1. The number of anilines is 2. The van der Waals surface area contributed by atoms with E-state index in [2.05, 4.69) is 20.3 Å². The van der Waals surface area contributed by atoms with Crippen LogP contribution >= 0.6 is 11.3 Å². The normalized spacial score (nSPS) is 14.2. The van der Waals surface area contributed by atoms with Gasteiger partial charge < -0.3 is 10.6 Å². The third kappa shape index (κ3) is 3.97. The summed E-state index contributed by atoms with van der Waals surface area (Å²) in [6.45, 7) is 1.96. The van der Waals surface area contributed by atoms with Crippen molar-refractivity contribution in [3.05, 3.63) is 34.8 Å². The van der Waals surface area contributed by atoms with Gasteiger partial charge in [0.2, 0.25) is 5.91 Å². The molecule has 1 aromatic heterocycles. The lowest BCUT2D eigenvalue weighted by atomic mass is 10.2. The fourth-order valence-corrected chi connectivity index (χ4v) is 4.54. The zero-order valence-electron chi connectivity index (χ0n) is 13.3. The van der Waals surface area contributed by atoms with Crippen LogP contribution in [0.1, 0.15) is 28.7 Å². The third-order valence-electron chi connectivity index (χ3n) is 3.49. The maximum absolute atomic E-state index is 12.5. The van der Waals surface area contributed by atoms with Gasteiger partial charge in [0.05, 0.1) is 10.6 Å². The Balaban J connectivity index is 1.81. The standard InChI is InChI=1S/C15H16N4O4S2/c1-9(20)17-10-4-6-11(7-5-10)25(22,23)19-15-18-12-3-2-8-16-14(21)13(12)24-15/h4-7H,2-3,8H2,1H3,(H,16,21)(H,17,20)(H,18,19). The highest BCUT2D eigenvalue weighted by Crippen LogP contribution is 2.27. The van der Waals surface area contributed by atoms with Crippen LogP contribution in [0.15, 0.2) is 29.2 Å². The highest BCUT2D eigenvalue weighted by Gasteiger charge is 2.23. The summed E-state index contributed by atoms with van der Waals surface area (Å²) in [5.74, 6) is -0.466. The Kier molecular flexibility index (Phi) is 4.73. The van der Waals surface area contributed by atoms with Gasteiger partial charge in [-0.2, -0.15) is 0 Å². The molecule has 1 aliphatic heterocycles. The van der Waals surface area contributed by atoms with Crippen molar-refractivity contribution in [1.29, 1.82) is 0 Å². The highest BCUT2D eigenvalue weighted by atomic mass is 32.2. The Morgan fingerprint density at radius 1 is 1.28 bits per heavy atom. The molecule has 2 heterocycles. The molecule has 0 saturated carbocycles. The van der Waals surface area contributed by atoms with Gasteiger partial charge in [0.1, 0.15) is 4.88 Å². The van der Waals surface area contributed by atoms with Crippen molar-refractivity contribution in [2.75, 3.05) is 16.6 Å². The number of sulfonamides is 1. The number of hydrogen-bond donors (Lipinski definition) is 3. The molecule has 0 fully saturated rings. The van der Waals surface area contributed by atoms with Gasteiger partial charge in [-0.3, -0.25) is 14.3 Å². The monoisotopic (exact) mass is 380 g/mol. The van der Waals surface area contributed by atoms with E-state index < -0.39 is 10.0 Å². The van der Waals surface area contributed by atoms with Crippen LogP contribution in [0.4, 0.5) is 10.8 Å². The Morgan fingerprint density at radius 2 is 2.00 bits per heavy atom. The number of aromatic nitrogens is 1. The maximum Gasteiger partial charge on any atom is 0.263 e. The number of thiazole rings is 1. The number of aryl methyl sites for hydroxylation is 1. The van der Waals surface area contributed by atoms with Gasteiger partial charge in [-0.05, 0) is 37.1 Å². The van der Waals surface area contributed by atoms with Gasteiger partial charge in [0, 0.05) is 19.2 Å². The summed E-state index contributed by atoms with van der Waals surface area (Å²) < 4.78 is 27.3. The number of hydrogen-bond acceptors (Lipinski definition) is 6. The van der Waals surface area contributed by atoms with Crippen molar-refractivity contribution in [1.82, 2.24) is 10.3 Å². The molecule has 0 spiro atoms. The smallest absolute Gasteiger partial charge is 0.263 e. The van der Waals surface area contributed by atoms with E-state index in [0.29, 0.717) is 29.2 Å². The number of benzene rings is 1. The molecule has 0 radical (unpaired) electrons. The van der Waals surface area contributed by atoms with E-state index in [4.69, 9.17) is 0 Å². The van der Waals surface area contributed by atoms with E-state index in [1.807, 2.05) is 0 Å². The predicted molar refractivity (Wildman–Crippen MR) is 94.3 cm³/mol. The van der Waals surface area contributed by atoms with Gasteiger partial charge in [0.15, 0.2) is 5.13 Å². The Labute approximate surface area is 148 Å². The Hall–Kier alpha value is -2.46. The molecule has 0 saturated heterocycles. The van der Waals surface area contributed by atoms with Crippen molar-refractivity contribution >= 4 is 44.0 Å². The van der Waals surface area contributed by atoms with Crippen LogP contribution in [0.2, 0.25) is 0 Å². The number of carbonyl (C=O) groups is 2. The fraction of sp³-hybridized carbons (Fsp3) is 0.267. The summed E-state index contributed by atoms with van der Waals surface area (Å²) in [5, 5.41) is 5.48. The summed E-state index contributed by atoms with van der Waals surface area (Å²) in [4.78, 5) is 27.6. The lowest BCUT2D eigenvalue weighted by molar-refractivity contribution is -0.114. The molecule has 25 heavy (non-hydrogen) atoms. The number of nitrogens with zero attached hydrogens (tertiary/aromatic N) is 1. The maximum atomic E-state index is 12.5. The number of carbonyl (C=O) groups excluding carboxylic acids is 2. The van der Waals surface area contributed by atoms with Crippen molar-refractivity contribution in [2.24, 2.45) is 0 Å². The zero-order valence-corrected chi connectivity index (χ0v) is 15.0. The quantitative estimate of drug-likeness (QED) is 0.744. The van der Waals surface area contributed by atoms with Gasteiger partial charge in [-0.15, -0.1) is 0 Å².